The van der Waals surface area contributed by atoms with E-state index in [1.54, 1.807) is 0 Å². The second-order valence-corrected chi connectivity index (χ2v) is 8.22. The third-order valence-corrected chi connectivity index (χ3v) is 5.90. The first-order valence-electron chi connectivity index (χ1n) is 6.63. The van der Waals surface area contributed by atoms with Gasteiger partial charge in [-0.3, -0.25) is 9.59 Å². The van der Waals surface area contributed by atoms with Gasteiger partial charge < -0.3 is 0 Å². The molecule has 0 atom stereocenters. The summed E-state index contributed by atoms with van der Waals surface area (Å²) in [6.45, 7) is 0. The summed E-state index contributed by atoms with van der Waals surface area (Å²) in [5.74, 6) is -1.24. The number of hydrogen-bond acceptors (Lipinski definition) is 9. The number of fused-ring (bicyclic) bond motifs is 6. The Morgan fingerprint density at radius 1 is 0.600 bits per heavy atom. The maximum atomic E-state index is 12.6. The van der Waals surface area contributed by atoms with E-state index in [1.165, 1.54) is 0 Å². The van der Waals surface area contributed by atoms with Crippen molar-refractivity contribution < 1.29 is 40.1 Å². The molecule has 5 rings (SSSR count). The van der Waals surface area contributed by atoms with Gasteiger partial charge in [0, 0.05) is 22.3 Å². The van der Waals surface area contributed by atoms with Gasteiger partial charge in [-0.15, -0.1) is 0 Å². The van der Waals surface area contributed by atoms with Crippen LogP contribution in [0.1, 0.15) is 31.8 Å². The molecule has 2 heterocycles. The lowest BCUT2D eigenvalue weighted by atomic mass is 9.84. The average Bonchev–Trinajstić information content (AvgIpc) is 2.58. The summed E-state index contributed by atoms with van der Waals surface area (Å²) in [5.41, 5.74) is -0.380. The van der Waals surface area contributed by atoms with Gasteiger partial charge in [0.2, 0.25) is 0 Å². The van der Waals surface area contributed by atoms with Crippen molar-refractivity contribution in [3.05, 3.63) is 58.7 Å². The Morgan fingerprint density at radius 3 is 1.40 bits per heavy atom. The van der Waals surface area contributed by atoms with Crippen LogP contribution in [0.25, 0.3) is 0 Å². The van der Waals surface area contributed by atoms with Gasteiger partial charge in [0.05, 0.1) is 9.79 Å². The van der Waals surface area contributed by atoms with E-state index in [4.69, 9.17) is 0 Å². The summed E-state index contributed by atoms with van der Waals surface area (Å²) in [7, 11) is -9.19. The third kappa shape index (κ3) is 2.33. The van der Waals surface area contributed by atoms with Gasteiger partial charge in [0.1, 0.15) is 0 Å². The molecule has 0 fully saturated rings. The molecule has 0 saturated heterocycles. The van der Waals surface area contributed by atoms with E-state index in [-0.39, 0.29) is 22.3 Å². The van der Waals surface area contributed by atoms with Crippen molar-refractivity contribution in [3.63, 3.8) is 0 Å². The first-order chi connectivity index (χ1) is 11.7. The van der Waals surface area contributed by atoms with Crippen LogP contribution < -0.4 is 0 Å². The summed E-state index contributed by atoms with van der Waals surface area (Å²) in [6.07, 6.45) is 0. The lowest BCUT2D eigenvalue weighted by Crippen LogP contribution is -2.22. The minimum absolute atomic E-state index is 0.0490. The van der Waals surface area contributed by atoms with Crippen molar-refractivity contribution >= 4 is 31.8 Å². The summed E-state index contributed by atoms with van der Waals surface area (Å²) < 4.78 is 56.1. The van der Waals surface area contributed by atoms with Crippen LogP contribution in [0, 0.1) is 0 Å². The fourth-order valence-corrected chi connectivity index (χ4v) is 3.97. The molecule has 128 valence electrons. The molecule has 2 aliphatic heterocycles. The smallest absolute Gasteiger partial charge is 0.289 e. The van der Waals surface area contributed by atoms with Crippen molar-refractivity contribution in [1.29, 1.82) is 0 Å². The molecule has 25 heavy (non-hydrogen) atoms. The number of ketones is 2. The summed E-state index contributed by atoms with van der Waals surface area (Å²) >= 11 is 0. The number of hydrogen-bond donors (Lipinski definition) is 0. The fraction of sp³-hybridized carbons (Fsp3) is 0. The van der Waals surface area contributed by atoms with Gasteiger partial charge >= 0.3 is 20.2 Å². The molecular weight excluding hydrogens is 376 g/mol. The number of carbonyl (C=O) groups excluding carboxylic acids is 2. The van der Waals surface area contributed by atoms with Crippen molar-refractivity contribution in [3.8, 4) is 0 Å². The van der Waals surface area contributed by atoms with Crippen molar-refractivity contribution in [1.82, 2.24) is 0 Å². The normalized spacial score (nSPS) is 20.2. The Morgan fingerprint density at radius 2 is 1.00 bits per heavy atom. The van der Waals surface area contributed by atoms with Gasteiger partial charge in [-0.25, -0.2) is 0 Å². The Hall–Kier alpha value is -2.44. The van der Waals surface area contributed by atoms with Crippen LogP contribution in [0.3, 0.4) is 0 Å². The zero-order valence-electron chi connectivity index (χ0n) is 12.0. The average molecular weight is 382 g/mol. The summed E-state index contributed by atoms with van der Waals surface area (Å²) in [6, 6.07) is 6.27. The van der Waals surface area contributed by atoms with Gasteiger partial charge in [-0.2, -0.15) is 16.8 Å². The van der Waals surface area contributed by atoms with Crippen LogP contribution in [0.5, 0.6) is 0 Å². The van der Waals surface area contributed by atoms with E-state index in [1.807, 2.05) is 0 Å². The molecule has 3 aliphatic rings. The maximum Gasteiger partial charge on any atom is 0.325 e. The molecule has 0 saturated carbocycles. The first kappa shape index (κ1) is 16.1. The van der Waals surface area contributed by atoms with Gasteiger partial charge in [-0.05, 0) is 41.4 Å². The molecule has 0 radical (unpaired) electrons. The standard InChI is InChI=1S/C14H6O9S2/c15-13-9-3-1-7-5-11(9)14(16)10-4-2-8(6-12(10)13)25(19,20)23-21-22-24(7,17)18/h1-6H. The molecule has 0 amide bonds. The topological polar surface area (TPSA) is 130 Å². The Kier molecular flexibility index (Phi) is 3.23. The highest BCUT2D eigenvalue weighted by molar-refractivity contribution is 7.87. The van der Waals surface area contributed by atoms with Crippen LogP contribution in [0.4, 0.5) is 0 Å². The highest BCUT2D eigenvalue weighted by atomic mass is 32.2. The van der Waals surface area contributed by atoms with E-state index in [0.29, 0.717) is 0 Å². The molecule has 2 aromatic rings. The quantitative estimate of drug-likeness (QED) is 0.516. The van der Waals surface area contributed by atoms with Crippen molar-refractivity contribution in [2.45, 2.75) is 9.79 Å². The largest absolute Gasteiger partial charge is 0.325 e. The highest BCUT2D eigenvalue weighted by Gasteiger charge is 2.34. The molecule has 2 aromatic carbocycles. The molecular formula is C14H6O9S2. The molecule has 1 aliphatic carbocycles. The Labute approximate surface area is 140 Å². The highest BCUT2D eigenvalue weighted by Crippen LogP contribution is 2.32. The predicted octanol–water partition coefficient (Wildman–Crippen LogP) is 0.733. The Balaban J connectivity index is 2.09. The lowest BCUT2D eigenvalue weighted by molar-refractivity contribution is -0.407. The fourth-order valence-electron chi connectivity index (χ4n) is 2.58. The number of carbonyl (C=O) groups is 2. The first-order valence-corrected chi connectivity index (χ1v) is 9.44. The van der Waals surface area contributed by atoms with Crippen molar-refractivity contribution in [2.75, 3.05) is 0 Å². The second kappa shape index (κ2) is 5.03. The zero-order valence-corrected chi connectivity index (χ0v) is 13.6. The summed E-state index contributed by atoms with van der Waals surface area (Å²) in [5, 5.41) is 3.89. The van der Waals surface area contributed by atoms with Crippen LogP contribution in [-0.2, 0) is 33.9 Å². The van der Waals surface area contributed by atoms with Gasteiger partial charge in [0.25, 0.3) is 0 Å². The van der Waals surface area contributed by atoms with Crippen LogP contribution in [0.15, 0.2) is 46.2 Å². The molecule has 6 bridgehead atoms. The van der Waals surface area contributed by atoms with E-state index in [9.17, 15) is 26.4 Å². The maximum absolute atomic E-state index is 12.6. The molecule has 0 aromatic heterocycles. The van der Waals surface area contributed by atoms with E-state index in [0.717, 1.165) is 36.4 Å². The molecule has 0 N–H and O–H groups in total. The Bertz CT molecular complexity index is 1080. The summed E-state index contributed by atoms with van der Waals surface area (Å²) in [4.78, 5) is 24.2. The number of benzene rings is 2. The van der Waals surface area contributed by atoms with Crippen LogP contribution in [0.2, 0.25) is 0 Å². The molecule has 9 nitrogen and oxygen atoms in total. The van der Waals surface area contributed by atoms with Crippen LogP contribution in [-0.4, -0.2) is 28.4 Å². The minimum Gasteiger partial charge on any atom is -0.289 e. The van der Waals surface area contributed by atoms with E-state index < -0.39 is 41.6 Å². The monoisotopic (exact) mass is 382 g/mol. The zero-order chi connectivity index (χ0) is 18.0. The lowest BCUT2D eigenvalue weighted by Gasteiger charge is -2.18. The molecule has 11 heteroatoms. The minimum atomic E-state index is -4.60. The number of rotatable bonds is 0. The van der Waals surface area contributed by atoms with Crippen LogP contribution >= 0.6 is 0 Å². The van der Waals surface area contributed by atoms with Gasteiger partial charge in [-0.1, -0.05) is 8.67 Å². The SMILES string of the molecule is O=C1c2ccc3cc2C(=O)c2ccc(cc21)S(=O)(=O)OOOS3(=O)=O. The van der Waals surface area contributed by atoms with Gasteiger partial charge in [0.15, 0.2) is 11.6 Å². The predicted molar refractivity (Wildman–Crippen MR) is 77.4 cm³/mol. The second-order valence-electron chi connectivity index (χ2n) is 5.19. The third-order valence-electron chi connectivity index (χ3n) is 3.77. The molecule has 0 unspecified atom stereocenters. The van der Waals surface area contributed by atoms with E-state index >= 15 is 0 Å². The van der Waals surface area contributed by atoms with E-state index in [2.05, 4.69) is 13.7 Å². The molecule has 0 spiro atoms. The van der Waals surface area contributed by atoms with Crippen molar-refractivity contribution in [2.24, 2.45) is 0 Å².